The second kappa shape index (κ2) is 9.75. The molecule has 0 saturated heterocycles. The van der Waals surface area contributed by atoms with E-state index in [1.165, 1.54) is 29.3 Å². The van der Waals surface area contributed by atoms with Crippen LogP contribution in [0.3, 0.4) is 0 Å². The SMILES string of the molecule is Cc1cnc(COc2cc(C)n(-c3cc(-c4ccnc(S(C)(=N)=O)n4)ncc3C)c(=O)c2Cl)c(F)c1. The van der Waals surface area contributed by atoms with Crippen LogP contribution in [0, 0.1) is 31.4 Å². The maximum atomic E-state index is 14.1. The number of aromatic nitrogens is 5. The van der Waals surface area contributed by atoms with Crippen molar-refractivity contribution in [3.63, 3.8) is 0 Å². The largest absolute Gasteiger partial charge is 0.485 e. The van der Waals surface area contributed by atoms with Gasteiger partial charge in [0.2, 0.25) is 5.16 Å². The lowest BCUT2D eigenvalue weighted by Gasteiger charge is -2.17. The lowest BCUT2D eigenvalue weighted by molar-refractivity contribution is 0.293. The van der Waals surface area contributed by atoms with E-state index in [0.29, 0.717) is 33.9 Å². The van der Waals surface area contributed by atoms with E-state index >= 15 is 0 Å². The van der Waals surface area contributed by atoms with Gasteiger partial charge >= 0.3 is 0 Å². The predicted octanol–water partition coefficient (Wildman–Crippen LogP) is 4.42. The number of nitrogens with one attached hydrogen (secondary N) is 1. The first-order valence-corrected chi connectivity index (χ1v) is 13.0. The Labute approximate surface area is 212 Å². The third-order valence-electron chi connectivity index (χ3n) is 5.28. The first-order chi connectivity index (χ1) is 17.0. The number of rotatable bonds is 6. The van der Waals surface area contributed by atoms with Crippen molar-refractivity contribution in [1.29, 1.82) is 4.78 Å². The van der Waals surface area contributed by atoms with Crippen LogP contribution in [0.1, 0.15) is 22.5 Å². The summed E-state index contributed by atoms with van der Waals surface area (Å²) in [7, 11) is -3.12. The van der Waals surface area contributed by atoms with Gasteiger partial charge < -0.3 is 4.74 Å². The van der Waals surface area contributed by atoms with Gasteiger partial charge in [0.1, 0.15) is 38.6 Å². The summed E-state index contributed by atoms with van der Waals surface area (Å²) in [6.45, 7) is 5.04. The molecule has 0 aliphatic rings. The van der Waals surface area contributed by atoms with Gasteiger partial charge in [-0.2, -0.15) is 0 Å². The second-order valence-corrected chi connectivity index (χ2v) is 10.7. The van der Waals surface area contributed by atoms with Crippen molar-refractivity contribution < 1.29 is 13.3 Å². The van der Waals surface area contributed by atoms with Crippen LogP contribution < -0.4 is 10.3 Å². The molecule has 12 heteroatoms. The van der Waals surface area contributed by atoms with E-state index in [1.807, 2.05) is 0 Å². The fraction of sp³-hybridized carbons (Fsp3) is 0.208. The normalized spacial score (nSPS) is 12.8. The van der Waals surface area contributed by atoms with Crippen molar-refractivity contribution in [2.24, 2.45) is 0 Å². The summed E-state index contributed by atoms with van der Waals surface area (Å²) >= 11 is 6.37. The molecule has 0 aliphatic carbocycles. The molecule has 0 saturated carbocycles. The molecule has 1 unspecified atom stereocenters. The lowest BCUT2D eigenvalue weighted by Crippen LogP contribution is -2.23. The number of halogens is 2. The van der Waals surface area contributed by atoms with E-state index in [4.69, 9.17) is 21.1 Å². The van der Waals surface area contributed by atoms with Crippen LogP contribution in [-0.4, -0.2) is 35.0 Å². The number of hydrogen-bond acceptors (Lipinski definition) is 8. The van der Waals surface area contributed by atoms with E-state index in [1.54, 1.807) is 45.2 Å². The molecule has 0 radical (unpaired) electrons. The molecule has 186 valence electrons. The Morgan fingerprint density at radius 2 is 1.86 bits per heavy atom. The van der Waals surface area contributed by atoms with Gasteiger partial charge in [0, 0.05) is 36.6 Å². The Morgan fingerprint density at radius 1 is 1.11 bits per heavy atom. The van der Waals surface area contributed by atoms with Crippen LogP contribution in [0.5, 0.6) is 5.75 Å². The first-order valence-electron chi connectivity index (χ1n) is 10.7. The summed E-state index contributed by atoms with van der Waals surface area (Å²) in [5.41, 5.74) is 2.71. The van der Waals surface area contributed by atoms with Gasteiger partial charge in [-0.15, -0.1) is 0 Å². The first kappa shape index (κ1) is 25.4. The van der Waals surface area contributed by atoms with Gasteiger partial charge in [-0.1, -0.05) is 11.6 Å². The molecule has 1 atom stereocenters. The molecule has 0 fully saturated rings. The van der Waals surface area contributed by atoms with Crippen molar-refractivity contribution in [3.05, 3.63) is 86.6 Å². The second-order valence-electron chi connectivity index (χ2n) is 8.26. The molecule has 4 rings (SSSR count). The summed E-state index contributed by atoms with van der Waals surface area (Å²) in [6.07, 6.45) is 5.74. The molecule has 0 aromatic carbocycles. The standard InChI is InChI=1S/C24H22ClFN6O3S/c1-13-7-16(26)19(29-10-13)12-35-21-8-15(3)32(23(33)22(21)25)20-9-18(30-11-14(20)2)17-5-6-28-24(31-17)36(4,27)34/h5-11,27H,12H2,1-4H3. The minimum absolute atomic E-state index is 0.0982. The monoisotopic (exact) mass is 528 g/mol. The van der Waals surface area contributed by atoms with E-state index in [2.05, 4.69) is 19.9 Å². The quantitative estimate of drug-likeness (QED) is 0.367. The van der Waals surface area contributed by atoms with Gasteiger partial charge in [-0.25, -0.2) is 23.3 Å². The van der Waals surface area contributed by atoms with Crippen LogP contribution in [0.4, 0.5) is 4.39 Å². The van der Waals surface area contributed by atoms with Crippen LogP contribution in [0.25, 0.3) is 17.1 Å². The van der Waals surface area contributed by atoms with Crippen LogP contribution in [0.2, 0.25) is 5.02 Å². The van der Waals surface area contributed by atoms with E-state index in [-0.39, 0.29) is 28.2 Å². The maximum Gasteiger partial charge on any atom is 0.277 e. The van der Waals surface area contributed by atoms with E-state index in [9.17, 15) is 13.4 Å². The fourth-order valence-corrected chi connectivity index (χ4v) is 4.19. The Kier molecular flexibility index (Phi) is 6.87. The van der Waals surface area contributed by atoms with Crippen LogP contribution >= 0.6 is 11.6 Å². The van der Waals surface area contributed by atoms with Gasteiger partial charge in [0.25, 0.3) is 5.56 Å². The highest BCUT2D eigenvalue weighted by atomic mass is 35.5. The number of aryl methyl sites for hydroxylation is 3. The van der Waals surface area contributed by atoms with Crippen molar-refractivity contribution in [3.8, 4) is 22.8 Å². The van der Waals surface area contributed by atoms with Crippen molar-refractivity contribution in [1.82, 2.24) is 24.5 Å². The summed E-state index contributed by atoms with van der Waals surface area (Å²) in [4.78, 5) is 29.8. The topological polar surface area (TPSA) is 124 Å². The number of nitrogens with zero attached hydrogens (tertiary/aromatic N) is 5. The summed E-state index contributed by atoms with van der Waals surface area (Å²) in [5.74, 6) is -0.397. The Bertz CT molecular complexity index is 1660. The number of pyridine rings is 3. The maximum absolute atomic E-state index is 14.1. The third kappa shape index (κ3) is 5.12. The Balaban J connectivity index is 1.73. The van der Waals surface area contributed by atoms with Crippen molar-refractivity contribution in [2.75, 3.05) is 6.26 Å². The zero-order valence-electron chi connectivity index (χ0n) is 19.9. The molecule has 4 heterocycles. The highest BCUT2D eigenvalue weighted by Crippen LogP contribution is 2.27. The molecule has 1 N–H and O–H groups in total. The van der Waals surface area contributed by atoms with Gasteiger partial charge in [-0.05, 0) is 50.1 Å². The summed E-state index contributed by atoms with van der Waals surface area (Å²) in [6, 6.07) is 6.17. The van der Waals surface area contributed by atoms with Gasteiger partial charge in [-0.3, -0.25) is 19.3 Å². The Hall–Kier alpha value is -3.70. The van der Waals surface area contributed by atoms with Crippen molar-refractivity contribution >= 4 is 21.3 Å². The average Bonchev–Trinajstić information content (AvgIpc) is 2.82. The zero-order chi connectivity index (χ0) is 26.2. The van der Waals surface area contributed by atoms with Crippen LogP contribution in [-0.2, 0) is 16.3 Å². The molecule has 0 aliphatic heterocycles. The van der Waals surface area contributed by atoms with Gasteiger partial charge in [0.15, 0.2) is 0 Å². The van der Waals surface area contributed by atoms with Crippen LogP contribution in [0.15, 0.2) is 52.8 Å². The Morgan fingerprint density at radius 3 is 2.56 bits per heavy atom. The highest BCUT2D eigenvalue weighted by molar-refractivity contribution is 7.91. The third-order valence-corrected chi connectivity index (χ3v) is 6.52. The molecule has 0 amide bonds. The highest BCUT2D eigenvalue weighted by Gasteiger charge is 2.18. The smallest absolute Gasteiger partial charge is 0.277 e. The molecule has 36 heavy (non-hydrogen) atoms. The minimum Gasteiger partial charge on any atom is -0.485 e. The molecular formula is C24H22ClFN6O3S. The molecule has 4 aromatic rings. The average molecular weight is 529 g/mol. The fourth-order valence-electron chi connectivity index (χ4n) is 3.47. The molecule has 0 bridgehead atoms. The van der Waals surface area contributed by atoms with Crippen molar-refractivity contribution in [2.45, 2.75) is 32.5 Å². The molecule has 0 spiro atoms. The lowest BCUT2D eigenvalue weighted by atomic mass is 10.1. The zero-order valence-corrected chi connectivity index (χ0v) is 21.4. The summed E-state index contributed by atoms with van der Waals surface area (Å²) < 4.78 is 41.0. The molecular weight excluding hydrogens is 507 g/mol. The predicted molar refractivity (Wildman–Crippen MR) is 134 cm³/mol. The van der Waals surface area contributed by atoms with Gasteiger partial charge in [0.05, 0.1) is 17.1 Å². The summed E-state index contributed by atoms with van der Waals surface area (Å²) in [5, 5.41) is -0.281. The number of ether oxygens (including phenoxy) is 1. The number of hydrogen-bond donors (Lipinski definition) is 1. The van der Waals surface area contributed by atoms with E-state index in [0.717, 1.165) is 0 Å². The molecule has 9 nitrogen and oxygen atoms in total. The van der Waals surface area contributed by atoms with E-state index < -0.39 is 21.1 Å². The minimum atomic E-state index is -3.12. The molecule has 4 aromatic heterocycles.